The second kappa shape index (κ2) is 3.11. The number of rotatable bonds is 3. The Kier molecular flexibility index (Phi) is 3.06. The monoisotopic (exact) mass is 147 g/mol. The van der Waals surface area contributed by atoms with E-state index in [4.69, 9.17) is 11.6 Å². The molecule has 0 aliphatic heterocycles. The van der Waals surface area contributed by atoms with E-state index < -0.39 is 0 Å². The largest absolute Gasteiger partial charge is 0.371 e. The van der Waals surface area contributed by atoms with Gasteiger partial charge in [-0.1, -0.05) is 25.1 Å². The summed E-state index contributed by atoms with van der Waals surface area (Å²) < 4.78 is 0. The Balaban J connectivity index is 3.60. The van der Waals surface area contributed by atoms with Gasteiger partial charge in [0.05, 0.1) is 0 Å². The Bertz CT molecular complexity index is 102. The maximum Gasteiger partial charge on any atom is 0.106 e. The Morgan fingerprint density at radius 2 is 2.11 bits per heavy atom. The first-order chi connectivity index (χ1) is 3.95. The van der Waals surface area contributed by atoms with Crippen molar-refractivity contribution in [1.29, 1.82) is 0 Å². The lowest BCUT2D eigenvalue weighted by molar-refractivity contribution is 0.587. The summed E-state index contributed by atoms with van der Waals surface area (Å²) in [5, 5.41) is 3.04. The van der Waals surface area contributed by atoms with Crippen molar-refractivity contribution in [3.8, 4) is 0 Å². The molecule has 0 atom stereocenters. The maximum atomic E-state index is 5.83. The van der Waals surface area contributed by atoms with Crippen molar-refractivity contribution in [3.63, 3.8) is 0 Å². The van der Waals surface area contributed by atoms with E-state index in [1.807, 2.05) is 20.8 Å². The highest BCUT2D eigenvalue weighted by atomic mass is 35.5. The van der Waals surface area contributed by atoms with Crippen LogP contribution in [-0.2, 0) is 0 Å². The fraction of sp³-hybridized carbons (Fsp3) is 0.714. The van der Waals surface area contributed by atoms with E-state index in [2.05, 4.69) is 11.9 Å². The van der Waals surface area contributed by atoms with Gasteiger partial charge >= 0.3 is 0 Å². The highest BCUT2D eigenvalue weighted by Crippen LogP contribution is 2.10. The molecule has 0 unspecified atom stereocenters. The van der Waals surface area contributed by atoms with E-state index in [1.54, 1.807) is 0 Å². The zero-order valence-corrected chi connectivity index (χ0v) is 7.05. The average molecular weight is 148 g/mol. The first-order valence-corrected chi connectivity index (χ1v) is 3.48. The molecule has 1 N–H and O–H groups in total. The molecule has 0 aromatic rings. The summed E-state index contributed by atoms with van der Waals surface area (Å²) in [6.45, 7) is 9.60. The lowest BCUT2D eigenvalue weighted by atomic mass is 10.3. The molecule has 1 nitrogen and oxygen atoms in total. The SMILES string of the molecule is C=C(CC)NC(C)(C)Cl. The van der Waals surface area contributed by atoms with E-state index in [0.717, 1.165) is 12.1 Å². The highest BCUT2D eigenvalue weighted by Gasteiger charge is 2.10. The van der Waals surface area contributed by atoms with Gasteiger partial charge in [0.25, 0.3) is 0 Å². The number of nitrogens with one attached hydrogen (secondary N) is 1. The third-order valence-corrected chi connectivity index (χ3v) is 0.995. The number of hydrogen-bond acceptors (Lipinski definition) is 1. The van der Waals surface area contributed by atoms with Crippen molar-refractivity contribution in [2.45, 2.75) is 32.2 Å². The van der Waals surface area contributed by atoms with Gasteiger partial charge < -0.3 is 5.32 Å². The van der Waals surface area contributed by atoms with E-state index in [9.17, 15) is 0 Å². The number of halogens is 1. The fourth-order valence-electron chi connectivity index (χ4n) is 0.509. The molecule has 0 saturated heterocycles. The number of allylic oxidation sites excluding steroid dienone is 1. The molecular weight excluding hydrogens is 134 g/mol. The van der Waals surface area contributed by atoms with Crippen LogP contribution >= 0.6 is 11.6 Å². The minimum absolute atomic E-state index is 0.354. The van der Waals surface area contributed by atoms with E-state index >= 15 is 0 Å². The van der Waals surface area contributed by atoms with Crippen LogP contribution in [-0.4, -0.2) is 5.00 Å². The van der Waals surface area contributed by atoms with Gasteiger partial charge in [-0.3, -0.25) is 0 Å². The van der Waals surface area contributed by atoms with E-state index in [-0.39, 0.29) is 5.00 Å². The van der Waals surface area contributed by atoms with Crippen molar-refractivity contribution < 1.29 is 0 Å². The zero-order valence-electron chi connectivity index (χ0n) is 6.29. The molecular formula is C7H14ClN. The minimum atomic E-state index is -0.354. The molecule has 0 spiro atoms. The zero-order chi connectivity index (χ0) is 7.49. The number of hydrogen-bond donors (Lipinski definition) is 1. The summed E-state index contributed by atoms with van der Waals surface area (Å²) in [7, 11) is 0. The molecule has 54 valence electrons. The summed E-state index contributed by atoms with van der Waals surface area (Å²) in [4.78, 5) is -0.354. The highest BCUT2D eigenvalue weighted by molar-refractivity contribution is 6.23. The predicted octanol–water partition coefficient (Wildman–Crippen LogP) is 2.47. The third-order valence-electron chi connectivity index (χ3n) is 0.901. The van der Waals surface area contributed by atoms with Crippen LogP contribution in [0.4, 0.5) is 0 Å². The molecule has 2 heteroatoms. The molecule has 0 bridgehead atoms. The molecule has 0 aliphatic rings. The Labute approximate surface area is 62.1 Å². The van der Waals surface area contributed by atoms with Crippen molar-refractivity contribution in [1.82, 2.24) is 5.32 Å². The van der Waals surface area contributed by atoms with Crippen LogP contribution in [0.1, 0.15) is 27.2 Å². The summed E-state index contributed by atoms with van der Waals surface area (Å²) in [6.07, 6.45) is 0.927. The van der Waals surface area contributed by atoms with Crippen LogP contribution in [0.5, 0.6) is 0 Å². The first kappa shape index (κ1) is 8.83. The predicted molar refractivity (Wildman–Crippen MR) is 42.5 cm³/mol. The number of alkyl halides is 1. The Morgan fingerprint density at radius 1 is 1.67 bits per heavy atom. The summed E-state index contributed by atoms with van der Waals surface area (Å²) in [5.74, 6) is 0. The molecule has 0 fully saturated rings. The molecule has 0 heterocycles. The molecule has 0 amide bonds. The van der Waals surface area contributed by atoms with Crippen LogP contribution in [0.15, 0.2) is 12.3 Å². The summed E-state index contributed by atoms with van der Waals surface area (Å²) in [6, 6.07) is 0. The van der Waals surface area contributed by atoms with Gasteiger partial charge in [0, 0.05) is 5.70 Å². The van der Waals surface area contributed by atoms with Crippen molar-refractivity contribution in [3.05, 3.63) is 12.3 Å². The third kappa shape index (κ3) is 5.71. The van der Waals surface area contributed by atoms with E-state index in [0.29, 0.717) is 0 Å². The van der Waals surface area contributed by atoms with Crippen molar-refractivity contribution in [2.24, 2.45) is 0 Å². The smallest absolute Gasteiger partial charge is 0.106 e. The average Bonchev–Trinajstić information content (AvgIpc) is 1.62. The van der Waals surface area contributed by atoms with Crippen molar-refractivity contribution >= 4 is 11.6 Å². The molecule has 0 radical (unpaired) electrons. The topological polar surface area (TPSA) is 12.0 Å². The standard InChI is InChI=1S/C7H14ClN/c1-5-6(2)9-7(3,4)8/h9H,2,5H2,1,3-4H3. The Morgan fingerprint density at radius 3 is 2.22 bits per heavy atom. The van der Waals surface area contributed by atoms with E-state index in [1.165, 1.54) is 0 Å². The van der Waals surface area contributed by atoms with Gasteiger partial charge in [-0.25, -0.2) is 0 Å². The lowest BCUT2D eigenvalue weighted by Gasteiger charge is -2.20. The van der Waals surface area contributed by atoms with Gasteiger partial charge in [-0.05, 0) is 20.3 Å². The van der Waals surface area contributed by atoms with Gasteiger partial charge in [-0.15, -0.1) is 0 Å². The fourth-order valence-corrected chi connectivity index (χ4v) is 0.642. The normalized spacial score (nSPS) is 11.1. The summed E-state index contributed by atoms with van der Waals surface area (Å²) in [5.41, 5.74) is 0.981. The van der Waals surface area contributed by atoms with Gasteiger partial charge in [-0.2, -0.15) is 0 Å². The van der Waals surface area contributed by atoms with Gasteiger partial charge in [0.15, 0.2) is 0 Å². The molecule has 0 aliphatic carbocycles. The van der Waals surface area contributed by atoms with Crippen LogP contribution in [0.25, 0.3) is 0 Å². The second-order valence-corrected chi connectivity index (χ2v) is 3.50. The molecule has 9 heavy (non-hydrogen) atoms. The van der Waals surface area contributed by atoms with Crippen LogP contribution in [0.3, 0.4) is 0 Å². The first-order valence-electron chi connectivity index (χ1n) is 3.10. The maximum absolute atomic E-state index is 5.83. The van der Waals surface area contributed by atoms with Gasteiger partial charge in [0.1, 0.15) is 5.00 Å². The summed E-state index contributed by atoms with van der Waals surface area (Å²) >= 11 is 5.83. The molecule has 0 aromatic heterocycles. The van der Waals surface area contributed by atoms with Crippen LogP contribution in [0, 0.1) is 0 Å². The minimum Gasteiger partial charge on any atom is -0.371 e. The molecule has 0 aromatic carbocycles. The Hall–Kier alpha value is -0.170. The molecule has 0 rings (SSSR count). The second-order valence-electron chi connectivity index (χ2n) is 2.55. The lowest BCUT2D eigenvalue weighted by Crippen LogP contribution is -2.31. The van der Waals surface area contributed by atoms with Gasteiger partial charge in [0.2, 0.25) is 0 Å². The van der Waals surface area contributed by atoms with Crippen LogP contribution < -0.4 is 5.32 Å². The quantitative estimate of drug-likeness (QED) is 0.478. The molecule has 0 saturated carbocycles. The van der Waals surface area contributed by atoms with Crippen LogP contribution in [0.2, 0.25) is 0 Å². The van der Waals surface area contributed by atoms with Crippen molar-refractivity contribution in [2.75, 3.05) is 0 Å².